The summed E-state index contributed by atoms with van der Waals surface area (Å²) in [6, 6.07) is -1.00. The number of likely N-dealkylation sites (tertiary alicyclic amines) is 1. The second-order valence-corrected chi connectivity index (χ2v) is 5.06. The molecule has 0 bridgehead atoms. The van der Waals surface area contributed by atoms with Gasteiger partial charge in [0.15, 0.2) is 0 Å². The minimum atomic E-state index is -0.928. The molecule has 2 rings (SSSR count). The Morgan fingerprint density at radius 1 is 1.50 bits per heavy atom. The van der Waals surface area contributed by atoms with Gasteiger partial charge in [-0.3, -0.25) is 4.68 Å². The number of aliphatic carboxylic acids is 1. The summed E-state index contributed by atoms with van der Waals surface area (Å²) in [4.78, 5) is 24.6. The van der Waals surface area contributed by atoms with Crippen LogP contribution in [0.1, 0.15) is 24.8 Å². The highest BCUT2D eigenvalue weighted by molar-refractivity contribution is 5.82. The van der Waals surface area contributed by atoms with Gasteiger partial charge in [0, 0.05) is 19.3 Å². The predicted octanol–water partition coefficient (Wildman–Crippen LogP) is 0.840. The molecule has 1 saturated heterocycles. The molecule has 2 N–H and O–H groups in total. The molecule has 1 atom stereocenters. The lowest BCUT2D eigenvalue weighted by Gasteiger charge is -2.32. The Labute approximate surface area is 117 Å². The zero-order chi connectivity index (χ0) is 14.5. The highest BCUT2D eigenvalue weighted by atomic mass is 16.4. The Morgan fingerprint density at radius 2 is 2.30 bits per heavy atom. The molecule has 1 aliphatic rings. The van der Waals surface area contributed by atoms with E-state index in [4.69, 9.17) is 5.11 Å². The Morgan fingerprint density at radius 3 is 2.95 bits per heavy atom. The van der Waals surface area contributed by atoms with Gasteiger partial charge in [0.05, 0.1) is 12.7 Å². The number of urea groups is 1. The summed E-state index contributed by atoms with van der Waals surface area (Å²) < 4.78 is 1.75. The predicted molar refractivity (Wildman–Crippen MR) is 72.3 cm³/mol. The van der Waals surface area contributed by atoms with E-state index in [1.807, 2.05) is 13.1 Å². The summed E-state index contributed by atoms with van der Waals surface area (Å²) in [6.45, 7) is 3.46. The van der Waals surface area contributed by atoms with E-state index in [1.54, 1.807) is 10.9 Å². The molecule has 1 fully saturated rings. The van der Waals surface area contributed by atoms with Gasteiger partial charge in [0.2, 0.25) is 0 Å². The lowest BCUT2D eigenvalue weighted by atomic mass is 10.0. The van der Waals surface area contributed by atoms with Crippen molar-refractivity contribution in [3.05, 3.63) is 18.0 Å². The number of hydrogen-bond donors (Lipinski definition) is 2. The first-order valence-electron chi connectivity index (χ1n) is 6.84. The third kappa shape index (κ3) is 3.49. The molecule has 7 nitrogen and oxygen atoms in total. The summed E-state index contributed by atoms with van der Waals surface area (Å²) in [6.07, 6.45) is 5.89. The average Bonchev–Trinajstić information content (AvgIpc) is 2.84. The highest BCUT2D eigenvalue weighted by Crippen LogP contribution is 2.17. The maximum atomic E-state index is 12.0. The minimum absolute atomic E-state index is 0.305. The number of aromatic nitrogens is 2. The van der Waals surface area contributed by atoms with Crippen LogP contribution in [0, 0.1) is 6.92 Å². The largest absolute Gasteiger partial charge is 0.480 e. The second kappa shape index (κ2) is 6.40. The van der Waals surface area contributed by atoms with E-state index in [0.29, 0.717) is 26.1 Å². The van der Waals surface area contributed by atoms with E-state index in [1.165, 1.54) is 4.90 Å². The number of carbonyl (C=O) groups is 2. The molecule has 110 valence electrons. The first kappa shape index (κ1) is 14.4. The monoisotopic (exact) mass is 280 g/mol. The SMILES string of the molecule is Cc1cnn(CCNC(=O)N2CCCCC2C(=O)O)c1. The van der Waals surface area contributed by atoms with Crippen LogP contribution in [0.15, 0.2) is 12.4 Å². The number of carbonyl (C=O) groups excluding carboxylic acids is 1. The van der Waals surface area contributed by atoms with Crippen LogP contribution in [0.4, 0.5) is 4.79 Å². The Balaban J connectivity index is 1.82. The Hall–Kier alpha value is -2.05. The average molecular weight is 280 g/mol. The molecule has 2 amide bonds. The lowest BCUT2D eigenvalue weighted by Crippen LogP contribution is -2.52. The molecule has 2 heterocycles. The van der Waals surface area contributed by atoms with Gasteiger partial charge in [-0.1, -0.05) is 0 Å². The third-order valence-corrected chi connectivity index (χ3v) is 3.43. The van der Waals surface area contributed by atoms with Crippen molar-refractivity contribution in [1.29, 1.82) is 0 Å². The van der Waals surface area contributed by atoms with Crippen molar-refractivity contribution in [3.8, 4) is 0 Å². The maximum Gasteiger partial charge on any atom is 0.326 e. The maximum absolute atomic E-state index is 12.0. The van der Waals surface area contributed by atoms with Crippen LogP contribution in [0.25, 0.3) is 0 Å². The fourth-order valence-electron chi connectivity index (χ4n) is 2.40. The first-order chi connectivity index (χ1) is 9.58. The van der Waals surface area contributed by atoms with E-state index in [0.717, 1.165) is 18.4 Å². The molecule has 7 heteroatoms. The van der Waals surface area contributed by atoms with Gasteiger partial charge in [-0.25, -0.2) is 9.59 Å². The van der Waals surface area contributed by atoms with Crippen LogP contribution >= 0.6 is 0 Å². The van der Waals surface area contributed by atoms with E-state index in [-0.39, 0.29) is 6.03 Å². The van der Waals surface area contributed by atoms with Gasteiger partial charge >= 0.3 is 12.0 Å². The van der Waals surface area contributed by atoms with Gasteiger partial charge in [0.1, 0.15) is 6.04 Å². The molecule has 0 aliphatic carbocycles. The van der Waals surface area contributed by atoms with Gasteiger partial charge in [-0.05, 0) is 31.7 Å². The second-order valence-electron chi connectivity index (χ2n) is 5.06. The molecule has 1 aromatic rings. The van der Waals surface area contributed by atoms with Crippen LogP contribution in [0.2, 0.25) is 0 Å². The molecule has 0 aromatic carbocycles. The molecule has 0 spiro atoms. The number of amides is 2. The minimum Gasteiger partial charge on any atom is -0.480 e. The summed E-state index contributed by atoms with van der Waals surface area (Å²) in [7, 11) is 0. The number of aryl methyl sites for hydroxylation is 1. The van der Waals surface area contributed by atoms with Gasteiger partial charge in [0.25, 0.3) is 0 Å². The van der Waals surface area contributed by atoms with Gasteiger partial charge < -0.3 is 15.3 Å². The molecule has 1 aromatic heterocycles. The van der Waals surface area contributed by atoms with Crippen LogP contribution in [-0.2, 0) is 11.3 Å². The zero-order valence-electron chi connectivity index (χ0n) is 11.6. The van der Waals surface area contributed by atoms with Crippen LogP contribution in [0.5, 0.6) is 0 Å². The number of rotatable bonds is 4. The molecule has 1 unspecified atom stereocenters. The summed E-state index contributed by atoms with van der Waals surface area (Å²) in [5.74, 6) is -0.928. The zero-order valence-corrected chi connectivity index (χ0v) is 11.6. The number of nitrogens with zero attached hydrogens (tertiary/aromatic N) is 3. The highest BCUT2D eigenvalue weighted by Gasteiger charge is 2.31. The molecule has 20 heavy (non-hydrogen) atoms. The Bertz CT molecular complexity index is 486. The number of carboxylic acid groups (broad SMARTS) is 1. The van der Waals surface area contributed by atoms with Crippen molar-refractivity contribution in [3.63, 3.8) is 0 Å². The van der Waals surface area contributed by atoms with E-state index < -0.39 is 12.0 Å². The van der Waals surface area contributed by atoms with E-state index >= 15 is 0 Å². The Kier molecular flexibility index (Phi) is 4.60. The third-order valence-electron chi connectivity index (χ3n) is 3.43. The van der Waals surface area contributed by atoms with Crippen molar-refractivity contribution in [2.45, 2.75) is 38.8 Å². The fourth-order valence-corrected chi connectivity index (χ4v) is 2.40. The smallest absolute Gasteiger partial charge is 0.326 e. The van der Waals surface area contributed by atoms with Crippen LogP contribution < -0.4 is 5.32 Å². The van der Waals surface area contributed by atoms with Crippen molar-refractivity contribution in [1.82, 2.24) is 20.0 Å². The number of carboxylic acids is 1. The first-order valence-corrected chi connectivity index (χ1v) is 6.84. The molecule has 0 radical (unpaired) electrons. The van der Waals surface area contributed by atoms with Crippen molar-refractivity contribution in [2.75, 3.05) is 13.1 Å². The fraction of sp³-hybridized carbons (Fsp3) is 0.615. The summed E-state index contributed by atoms with van der Waals surface area (Å²) >= 11 is 0. The molecular weight excluding hydrogens is 260 g/mol. The quantitative estimate of drug-likeness (QED) is 0.855. The summed E-state index contributed by atoms with van der Waals surface area (Å²) in [5, 5.41) is 16.0. The van der Waals surface area contributed by atoms with Crippen molar-refractivity contribution in [2.24, 2.45) is 0 Å². The van der Waals surface area contributed by atoms with Gasteiger partial charge in [-0.2, -0.15) is 5.10 Å². The lowest BCUT2D eigenvalue weighted by molar-refractivity contribution is -0.143. The normalized spacial score (nSPS) is 18.9. The van der Waals surface area contributed by atoms with Crippen molar-refractivity contribution >= 4 is 12.0 Å². The standard InChI is InChI=1S/C13H20N4O3/c1-10-8-15-16(9-10)7-5-14-13(20)17-6-3-2-4-11(17)12(18)19/h8-9,11H,2-7H2,1H3,(H,14,20)(H,18,19). The molecule has 1 aliphatic heterocycles. The number of piperidine rings is 1. The molecular formula is C13H20N4O3. The summed E-state index contributed by atoms with van der Waals surface area (Å²) in [5.41, 5.74) is 1.07. The van der Waals surface area contributed by atoms with Crippen LogP contribution in [0.3, 0.4) is 0 Å². The molecule has 0 saturated carbocycles. The number of nitrogens with one attached hydrogen (secondary N) is 1. The topological polar surface area (TPSA) is 87.5 Å². The van der Waals surface area contributed by atoms with Crippen molar-refractivity contribution < 1.29 is 14.7 Å². The van der Waals surface area contributed by atoms with E-state index in [9.17, 15) is 9.59 Å². The van der Waals surface area contributed by atoms with Crippen LogP contribution in [-0.4, -0.2) is 50.9 Å². The number of hydrogen-bond acceptors (Lipinski definition) is 3. The van der Waals surface area contributed by atoms with Gasteiger partial charge in [-0.15, -0.1) is 0 Å². The van der Waals surface area contributed by atoms with E-state index in [2.05, 4.69) is 10.4 Å².